The molecular formula is C14H16N4O4S. The minimum absolute atomic E-state index is 0.0295. The van der Waals surface area contributed by atoms with Gasteiger partial charge in [0.1, 0.15) is 17.1 Å². The maximum absolute atomic E-state index is 12.3. The third-order valence-electron chi connectivity index (χ3n) is 4.13. The number of hydrogen-bond acceptors (Lipinski definition) is 5. The molecule has 0 unspecified atom stereocenters. The van der Waals surface area contributed by atoms with E-state index in [0.29, 0.717) is 22.6 Å². The van der Waals surface area contributed by atoms with E-state index in [-0.39, 0.29) is 17.0 Å². The van der Waals surface area contributed by atoms with Crippen molar-refractivity contribution < 1.29 is 19.5 Å². The van der Waals surface area contributed by atoms with Gasteiger partial charge in [0, 0.05) is 18.5 Å². The molecule has 0 aromatic carbocycles. The standard InChI is InChI=1S/C14H16N4O4S/c1-6-5-23-13-9(12(20)18(13)10(6)14(21)22)16-11(19)8-4-15-17(3)7(8)2/h4,9,13H,5H2,1-3H3,(H,16,19)(H,21,22)/t9-,13-/m1/s1. The van der Waals surface area contributed by atoms with Crippen molar-refractivity contribution in [3.63, 3.8) is 0 Å². The zero-order valence-electron chi connectivity index (χ0n) is 12.9. The number of carbonyl (C=O) groups is 3. The second-order valence-electron chi connectivity index (χ2n) is 5.56. The first-order valence-electron chi connectivity index (χ1n) is 7.00. The fourth-order valence-corrected chi connectivity index (χ4v) is 4.01. The van der Waals surface area contributed by atoms with E-state index in [2.05, 4.69) is 10.4 Å². The molecule has 0 saturated carbocycles. The van der Waals surface area contributed by atoms with E-state index in [4.69, 9.17) is 0 Å². The quantitative estimate of drug-likeness (QED) is 0.759. The number of carboxylic acids is 1. The van der Waals surface area contributed by atoms with Crippen molar-refractivity contribution in [1.82, 2.24) is 20.0 Å². The molecule has 2 atom stereocenters. The van der Waals surface area contributed by atoms with Crippen LogP contribution in [0.25, 0.3) is 0 Å². The summed E-state index contributed by atoms with van der Waals surface area (Å²) < 4.78 is 1.58. The lowest BCUT2D eigenvalue weighted by atomic mass is 10.0. The van der Waals surface area contributed by atoms with E-state index in [9.17, 15) is 19.5 Å². The van der Waals surface area contributed by atoms with E-state index in [1.807, 2.05) is 0 Å². The van der Waals surface area contributed by atoms with Gasteiger partial charge in [-0.3, -0.25) is 19.2 Å². The van der Waals surface area contributed by atoms with Crippen molar-refractivity contribution in [2.45, 2.75) is 25.3 Å². The zero-order chi connectivity index (χ0) is 16.9. The van der Waals surface area contributed by atoms with Crippen molar-refractivity contribution in [2.24, 2.45) is 7.05 Å². The number of nitrogens with zero attached hydrogens (tertiary/aromatic N) is 3. The van der Waals surface area contributed by atoms with Crippen molar-refractivity contribution in [1.29, 1.82) is 0 Å². The molecule has 122 valence electrons. The molecule has 0 spiro atoms. The number of carboxylic acid groups (broad SMARTS) is 1. The number of amides is 2. The van der Waals surface area contributed by atoms with Crippen LogP contribution in [0.1, 0.15) is 23.0 Å². The summed E-state index contributed by atoms with van der Waals surface area (Å²) in [5.41, 5.74) is 1.79. The minimum atomic E-state index is -1.12. The molecule has 2 N–H and O–H groups in total. The molecule has 9 heteroatoms. The van der Waals surface area contributed by atoms with E-state index in [1.165, 1.54) is 22.9 Å². The summed E-state index contributed by atoms with van der Waals surface area (Å²) in [6, 6.07) is -0.713. The average Bonchev–Trinajstić information content (AvgIpc) is 2.83. The third-order valence-corrected chi connectivity index (χ3v) is 5.55. The molecule has 23 heavy (non-hydrogen) atoms. The Kier molecular flexibility index (Phi) is 3.67. The Balaban J connectivity index is 1.78. The van der Waals surface area contributed by atoms with E-state index in [1.54, 1.807) is 25.6 Å². The van der Waals surface area contributed by atoms with Gasteiger partial charge in [0.2, 0.25) is 0 Å². The van der Waals surface area contributed by atoms with Crippen molar-refractivity contribution in [3.05, 3.63) is 28.7 Å². The molecule has 0 aliphatic carbocycles. The van der Waals surface area contributed by atoms with E-state index < -0.39 is 17.9 Å². The highest BCUT2D eigenvalue weighted by Gasteiger charge is 2.53. The highest BCUT2D eigenvalue weighted by atomic mass is 32.2. The van der Waals surface area contributed by atoms with Gasteiger partial charge in [-0.2, -0.15) is 5.10 Å². The van der Waals surface area contributed by atoms with Crippen molar-refractivity contribution >= 4 is 29.5 Å². The second-order valence-corrected chi connectivity index (χ2v) is 6.67. The molecule has 2 aliphatic heterocycles. The van der Waals surface area contributed by atoms with Gasteiger partial charge in [-0.25, -0.2) is 4.79 Å². The van der Waals surface area contributed by atoms with Gasteiger partial charge in [0.15, 0.2) is 0 Å². The van der Waals surface area contributed by atoms with Gasteiger partial charge in [-0.05, 0) is 19.4 Å². The Morgan fingerprint density at radius 1 is 1.43 bits per heavy atom. The first-order chi connectivity index (χ1) is 10.8. The van der Waals surface area contributed by atoms with Crippen LogP contribution in [0.15, 0.2) is 17.5 Å². The van der Waals surface area contributed by atoms with Gasteiger partial charge in [0.05, 0.1) is 11.8 Å². The summed E-state index contributed by atoms with van der Waals surface area (Å²) in [5, 5.41) is 15.6. The van der Waals surface area contributed by atoms with Crippen LogP contribution in [0.3, 0.4) is 0 Å². The number of hydrogen-bond donors (Lipinski definition) is 2. The lowest BCUT2D eigenvalue weighted by molar-refractivity contribution is -0.148. The lowest BCUT2D eigenvalue weighted by Gasteiger charge is -2.49. The molecule has 0 bridgehead atoms. The van der Waals surface area contributed by atoms with Gasteiger partial charge in [-0.1, -0.05) is 0 Å². The maximum Gasteiger partial charge on any atom is 0.352 e. The molecule has 1 aromatic rings. The Labute approximate surface area is 136 Å². The van der Waals surface area contributed by atoms with Gasteiger partial charge in [-0.15, -0.1) is 11.8 Å². The molecule has 1 saturated heterocycles. The first-order valence-corrected chi connectivity index (χ1v) is 8.05. The molecule has 8 nitrogen and oxygen atoms in total. The van der Waals surface area contributed by atoms with E-state index >= 15 is 0 Å². The Morgan fingerprint density at radius 2 is 2.13 bits per heavy atom. The fraction of sp³-hybridized carbons (Fsp3) is 0.429. The molecular weight excluding hydrogens is 320 g/mol. The number of carbonyl (C=O) groups excluding carboxylic acids is 2. The number of fused-ring (bicyclic) bond motifs is 1. The zero-order valence-corrected chi connectivity index (χ0v) is 13.7. The Bertz CT molecular complexity index is 754. The summed E-state index contributed by atoms with van der Waals surface area (Å²) in [5.74, 6) is -1.37. The average molecular weight is 336 g/mol. The van der Waals surface area contributed by atoms with Crippen LogP contribution in [-0.4, -0.2) is 54.7 Å². The van der Waals surface area contributed by atoms with E-state index in [0.717, 1.165) is 0 Å². The van der Waals surface area contributed by atoms with Crippen molar-refractivity contribution in [3.8, 4) is 0 Å². The molecule has 1 aromatic heterocycles. The predicted octanol–water partition coefficient (Wildman–Crippen LogP) is 0.101. The largest absolute Gasteiger partial charge is 0.477 e. The Hall–Kier alpha value is -2.29. The summed E-state index contributed by atoms with van der Waals surface area (Å²) >= 11 is 1.45. The van der Waals surface area contributed by atoms with Crippen LogP contribution in [-0.2, 0) is 16.6 Å². The van der Waals surface area contributed by atoms with Gasteiger partial charge in [0.25, 0.3) is 11.8 Å². The molecule has 2 amide bonds. The Morgan fingerprint density at radius 3 is 2.70 bits per heavy atom. The van der Waals surface area contributed by atoms with Gasteiger partial charge >= 0.3 is 5.97 Å². The monoisotopic (exact) mass is 336 g/mol. The number of β-lactam (4-membered cyclic amide) rings is 1. The van der Waals surface area contributed by atoms with Crippen LogP contribution < -0.4 is 5.32 Å². The number of aryl methyl sites for hydroxylation is 1. The normalized spacial score (nSPS) is 23.4. The smallest absolute Gasteiger partial charge is 0.352 e. The highest BCUT2D eigenvalue weighted by molar-refractivity contribution is 8.00. The molecule has 3 heterocycles. The number of aromatic nitrogens is 2. The van der Waals surface area contributed by atoms with Crippen LogP contribution in [0.4, 0.5) is 0 Å². The van der Waals surface area contributed by atoms with Gasteiger partial charge < -0.3 is 10.4 Å². The number of nitrogens with one attached hydrogen (secondary N) is 1. The predicted molar refractivity (Wildman–Crippen MR) is 82.6 cm³/mol. The van der Waals surface area contributed by atoms with Crippen LogP contribution in [0.5, 0.6) is 0 Å². The number of thioether (sulfide) groups is 1. The van der Waals surface area contributed by atoms with Crippen LogP contribution in [0, 0.1) is 6.92 Å². The summed E-state index contributed by atoms with van der Waals surface area (Å²) in [7, 11) is 1.73. The summed E-state index contributed by atoms with van der Waals surface area (Å²) in [6.07, 6.45) is 1.45. The first kappa shape index (κ1) is 15.6. The third kappa shape index (κ3) is 2.31. The van der Waals surface area contributed by atoms with Crippen LogP contribution in [0.2, 0.25) is 0 Å². The number of rotatable bonds is 3. The SMILES string of the molecule is CC1=C(C(=O)O)N2C(=O)[C@@H](NC(=O)c3cnn(C)c3C)[C@H]2SC1. The lowest BCUT2D eigenvalue weighted by Crippen LogP contribution is -2.70. The summed E-state index contributed by atoms with van der Waals surface area (Å²) in [6.45, 7) is 3.46. The molecule has 2 aliphatic rings. The second kappa shape index (κ2) is 5.41. The summed E-state index contributed by atoms with van der Waals surface area (Å²) in [4.78, 5) is 37.2. The molecule has 0 radical (unpaired) electrons. The highest BCUT2D eigenvalue weighted by Crippen LogP contribution is 2.40. The number of aliphatic carboxylic acids is 1. The molecule has 3 rings (SSSR count). The fourth-order valence-electron chi connectivity index (χ4n) is 2.72. The maximum atomic E-state index is 12.3. The topological polar surface area (TPSA) is 105 Å². The minimum Gasteiger partial charge on any atom is -0.477 e. The molecule has 1 fully saturated rings. The van der Waals surface area contributed by atoms with Crippen molar-refractivity contribution in [2.75, 3.05) is 5.75 Å². The van der Waals surface area contributed by atoms with Crippen LogP contribution >= 0.6 is 11.8 Å².